The fourth-order valence-corrected chi connectivity index (χ4v) is 2.76. The maximum atomic E-state index is 11.7. The van der Waals surface area contributed by atoms with E-state index >= 15 is 0 Å². The number of hydrogen-bond donors (Lipinski definition) is 3. The van der Waals surface area contributed by atoms with Crippen LogP contribution in [0.5, 0.6) is 0 Å². The van der Waals surface area contributed by atoms with Crippen molar-refractivity contribution in [1.29, 1.82) is 0 Å². The first-order valence-corrected chi connectivity index (χ1v) is 6.37. The molecule has 0 aromatic heterocycles. The summed E-state index contributed by atoms with van der Waals surface area (Å²) >= 11 is 5.69. The number of nitrogen functional groups attached to an aromatic ring is 1. The van der Waals surface area contributed by atoms with E-state index in [9.17, 15) is 18.0 Å². The molecule has 0 bridgehead atoms. The van der Waals surface area contributed by atoms with E-state index in [1.54, 1.807) is 4.72 Å². The summed E-state index contributed by atoms with van der Waals surface area (Å²) in [6, 6.07) is 1.96. The van der Waals surface area contributed by atoms with Gasteiger partial charge in [-0.3, -0.25) is 4.79 Å². The summed E-state index contributed by atoms with van der Waals surface area (Å²) in [5, 5.41) is 8.33. The number of aromatic carboxylic acids is 1. The Balaban J connectivity index is 3.42. The van der Waals surface area contributed by atoms with Gasteiger partial charge in [0, 0.05) is 6.92 Å². The van der Waals surface area contributed by atoms with Crippen molar-refractivity contribution in [2.45, 2.75) is 11.8 Å². The number of carbonyl (C=O) groups is 2. The molecule has 1 rings (SSSR count). The van der Waals surface area contributed by atoms with Crippen LogP contribution in [0.1, 0.15) is 17.3 Å². The number of nitrogens with one attached hydrogen (secondary N) is 1. The summed E-state index contributed by atoms with van der Waals surface area (Å²) < 4.78 is 25.1. The summed E-state index contributed by atoms with van der Waals surface area (Å²) in [5.74, 6) is -2.13. The van der Waals surface area contributed by atoms with Gasteiger partial charge < -0.3 is 10.8 Å². The molecule has 0 unspecified atom stereocenters. The lowest BCUT2D eigenvalue weighted by Gasteiger charge is -2.10. The van der Waals surface area contributed by atoms with Gasteiger partial charge in [-0.15, -0.1) is 0 Å². The normalized spacial score (nSPS) is 11.0. The average Bonchev–Trinajstić information content (AvgIpc) is 2.18. The first kappa shape index (κ1) is 14.3. The van der Waals surface area contributed by atoms with Crippen LogP contribution in [-0.2, 0) is 14.8 Å². The van der Waals surface area contributed by atoms with Gasteiger partial charge in [-0.2, -0.15) is 0 Å². The second-order valence-corrected chi connectivity index (χ2v) is 5.33. The van der Waals surface area contributed by atoms with Crippen LogP contribution in [0.3, 0.4) is 0 Å². The van der Waals surface area contributed by atoms with Crippen LogP contribution in [0.15, 0.2) is 17.0 Å². The Labute approximate surface area is 108 Å². The van der Waals surface area contributed by atoms with Crippen LogP contribution in [-0.4, -0.2) is 25.4 Å². The Hall–Kier alpha value is -1.80. The molecular formula is C9H9ClN2O5S. The molecule has 0 saturated carbocycles. The quantitative estimate of drug-likeness (QED) is 0.694. The molecule has 1 amide bonds. The lowest BCUT2D eigenvalue weighted by atomic mass is 10.2. The van der Waals surface area contributed by atoms with E-state index in [0.29, 0.717) is 0 Å². The molecule has 0 fully saturated rings. The first-order valence-electron chi connectivity index (χ1n) is 4.51. The van der Waals surface area contributed by atoms with Gasteiger partial charge >= 0.3 is 5.97 Å². The smallest absolute Gasteiger partial charge is 0.337 e. The summed E-state index contributed by atoms with van der Waals surface area (Å²) in [4.78, 5) is 21.0. The van der Waals surface area contributed by atoms with Crippen LogP contribution in [0.2, 0.25) is 5.02 Å². The van der Waals surface area contributed by atoms with E-state index < -0.39 is 31.8 Å². The van der Waals surface area contributed by atoms with Crippen molar-refractivity contribution >= 4 is 39.2 Å². The van der Waals surface area contributed by atoms with Crippen molar-refractivity contribution < 1.29 is 23.1 Å². The lowest BCUT2D eigenvalue weighted by Crippen LogP contribution is -2.28. The number of sulfonamides is 1. The molecule has 0 saturated heterocycles. The number of hydrogen-bond acceptors (Lipinski definition) is 5. The number of carboxylic acid groups (broad SMARTS) is 1. The molecule has 0 atom stereocenters. The van der Waals surface area contributed by atoms with E-state index in [1.807, 2.05) is 0 Å². The van der Waals surface area contributed by atoms with Gasteiger partial charge in [-0.05, 0) is 12.1 Å². The minimum Gasteiger partial charge on any atom is -0.478 e. The Bertz CT molecular complexity index is 626. The molecule has 4 N–H and O–H groups in total. The highest BCUT2D eigenvalue weighted by atomic mass is 35.5. The molecule has 18 heavy (non-hydrogen) atoms. The number of carbonyl (C=O) groups excluding carboxylic acids is 1. The fraction of sp³-hybridized carbons (Fsp3) is 0.111. The minimum absolute atomic E-state index is 0.318. The summed E-state index contributed by atoms with van der Waals surface area (Å²) in [7, 11) is -4.16. The second kappa shape index (κ2) is 4.83. The molecule has 1 aromatic carbocycles. The zero-order valence-corrected chi connectivity index (χ0v) is 10.7. The summed E-state index contributed by atoms with van der Waals surface area (Å²) in [6.45, 7) is 1.01. The van der Waals surface area contributed by atoms with Crippen molar-refractivity contribution in [2.75, 3.05) is 5.73 Å². The van der Waals surface area contributed by atoms with Crippen molar-refractivity contribution in [2.24, 2.45) is 0 Å². The standard InChI is InChI=1S/C9H9ClN2O5S/c1-4(13)12-18(16,17)6-3-2-5(9(14)15)8(11)7(6)10/h2-3H,11H2,1H3,(H,12,13)(H,14,15). The minimum atomic E-state index is -4.16. The first-order chi connectivity index (χ1) is 8.16. The van der Waals surface area contributed by atoms with Crippen molar-refractivity contribution in [3.63, 3.8) is 0 Å². The SMILES string of the molecule is CC(=O)NS(=O)(=O)c1ccc(C(=O)O)c(N)c1Cl. The lowest BCUT2D eigenvalue weighted by molar-refractivity contribution is -0.117. The molecule has 7 nitrogen and oxygen atoms in total. The van der Waals surface area contributed by atoms with Crippen molar-refractivity contribution in [3.05, 3.63) is 22.7 Å². The van der Waals surface area contributed by atoms with E-state index in [2.05, 4.69) is 0 Å². The number of benzene rings is 1. The number of nitrogens with two attached hydrogens (primary N) is 1. The molecule has 0 radical (unpaired) electrons. The Morgan fingerprint density at radius 2 is 1.94 bits per heavy atom. The van der Waals surface area contributed by atoms with Crippen LogP contribution in [0.4, 0.5) is 5.69 Å². The van der Waals surface area contributed by atoms with Crippen LogP contribution in [0.25, 0.3) is 0 Å². The Kier molecular flexibility index (Phi) is 3.82. The highest BCUT2D eigenvalue weighted by Gasteiger charge is 2.23. The van der Waals surface area contributed by atoms with Gasteiger partial charge in [0.15, 0.2) is 0 Å². The number of carboxylic acids is 1. The molecule has 1 aromatic rings. The molecule has 9 heteroatoms. The summed E-state index contributed by atoms with van der Waals surface area (Å²) in [5.41, 5.74) is 4.73. The fourth-order valence-electron chi connectivity index (χ4n) is 1.21. The van der Waals surface area contributed by atoms with Gasteiger partial charge in [-0.1, -0.05) is 11.6 Å². The number of halogens is 1. The molecule has 0 heterocycles. The highest BCUT2D eigenvalue weighted by Crippen LogP contribution is 2.30. The topological polar surface area (TPSA) is 127 Å². The predicted octanol–water partition coefficient (Wildman–Crippen LogP) is 0.445. The van der Waals surface area contributed by atoms with Crippen molar-refractivity contribution in [1.82, 2.24) is 4.72 Å². The van der Waals surface area contributed by atoms with Crippen molar-refractivity contribution in [3.8, 4) is 0 Å². The van der Waals surface area contributed by atoms with Gasteiger partial charge in [0.05, 0.1) is 16.3 Å². The number of amides is 1. The zero-order valence-electron chi connectivity index (χ0n) is 9.10. The number of anilines is 1. The predicted molar refractivity (Wildman–Crippen MR) is 63.8 cm³/mol. The molecule has 0 aliphatic carbocycles. The second-order valence-electron chi connectivity index (χ2n) is 3.31. The third-order valence-corrected chi connectivity index (χ3v) is 3.94. The molecule has 0 aliphatic heterocycles. The largest absolute Gasteiger partial charge is 0.478 e. The van der Waals surface area contributed by atoms with Gasteiger partial charge in [0.1, 0.15) is 4.90 Å². The average molecular weight is 293 g/mol. The van der Waals surface area contributed by atoms with Gasteiger partial charge in [0.2, 0.25) is 5.91 Å². The van der Waals surface area contributed by atoms with Gasteiger partial charge in [0.25, 0.3) is 10.0 Å². The number of rotatable bonds is 3. The van der Waals surface area contributed by atoms with E-state index in [1.165, 1.54) is 0 Å². The van der Waals surface area contributed by atoms with Crippen LogP contribution in [0, 0.1) is 0 Å². The Morgan fingerprint density at radius 1 is 1.39 bits per heavy atom. The van der Waals surface area contributed by atoms with Gasteiger partial charge in [-0.25, -0.2) is 17.9 Å². The third-order valence-electron chi connectivity index (χ3n) is 1.94. The van der Waals surface area contributed by atoms with E-state index in [4.69, 9.17) is 22.4 Å². The van der Waals surface area contributed by atoms with Crippen LogP contribution >= 0.6 is 11.6 Å². The highest BCUT2D eigenvalue weighted by molar-refractivity contribution is 7.90. The molecule has 0 spiro atoms. The van der Waals surface area contributed by atoms with Crippen LogP contribution < -0.4 is 10.5 Å². The van der Waals surface area contributed by atoms with E-state index in [-0.39, 0.29) is 11.3 Å². The molecule has 0 aliphatic rings. The van der Waals surface area contributed by atoms with E-state index in [0.717, 1.165) is 19.1 Å². The molecule has 98 valence electrons. The third kappa shape index (κ3) is 2.71. The maximum Gasteiger partial charge on any atom is 0.337 e. The monoisotopic (exact) mass is 292 g/mol. The maximum absolute atomic E-state index is 11.7. The summed E-state index contributed by atoms with van der Waals surface area (Å²) in [6.07, 6.45) is 0. The zero-order chi connectivity index (χ0) is 14.1. The Morgan fingerprint density at radius 3 is 2.39 bits per heavy atom. The molecular weight excluding hydrogens is 284 g/mol.